The second-order valence-corrected chi connectivity index (χ2v) is 4.57. The Morgan fingerprint density at radius 1 is 1.35 bits per heavy atom. The minimum absolute atomic E-state index is 0.555. The first-order chi connectivity index (χ1) is 9.74. The SMILES string of the molecule is COCCNCc1ncc(-c2ccc(Cl)cc2OC)o1. The molecule has 0 bridgehead atoms. The predicted molar refractivity (Wildman–Crippen MR) is 77.1 cm³/mol. The summed E-state index contributed by atoms with van der Waals surface area (Å²) in [6.07, 6.45) is 1.68. The number of methoxy groups -OCH3 is 2. The van der Waals surface area contributed by atoms with E-state index >= 15 is 0 Å². The second kappa shape index (κ2) is 7.28. The largest absolute Gasteiger partial charge is 0.496 e. The number of nitrogens with one attached hydrogen (secondary N) is 1. The van der Waals surface area contributed by atoms with Crippen LogP contribution in [0.4, 0.5) is 0 Å². The molecule has 0 amide bonds. The number of hydrogen-bond donors (Lipinski definition) is 1. The van der Waals surface area contributed by atoms with E-state index in [2.05, 4.69) is 10.3 Å². The molecule has 0 saturated heterocycles. The molecular weight excluding hydrogens is 280 g/mol. The lowest BCUT2D eigenvalue weighted by Gasteiger charge is -2.06. The standard InChI is InChI=1S/C14H17ClN2O3/c1-18-6-5-16-9-14-17-8-13(20-14)11-4-3-10(15)7-12(11)19-2/h3-4,7-8,16H,5-6,9H2,1-2H3. The minimum Gasteiger partial charge on any atom is -0.496 e. The van der Waals surface area contributed by atoms with Crippen LogP contribution in [0.5, 0.6) is 5.75 Å². The van der Waals surface area contributed by atoms with E-state index in [-0.39, 0.29) is 0 Å². The summed E-state index contributed by atoms with van der Waals surface area (Å²) in [6, 6.07) is 5.39. The fourth-order valence-electron chi connectivity index (χ4n) is 1.75. The number of nitrogens with zero attached hydrogens (tertiary/aromatic N) is 1. The van der Waals surface area contributed by atoms with E-state index in [1.807, 2.05) is 6.07 Å². The Bertz CT molecular complexity index is 557. The van der Waals surface area contributed by atoms with Gasteiger partial charge in [0.15, 0.2) is 5.76 Å². The van der Waals surface area contributed by atoms with Crippen LogP contribution in [0.1, 0.15) is 5.89 Å². The summed E-state index contributed by atoms with van der Waals surface area (Å²) in [5.74, 6) is 1.93. The molecule has 0 aliphatic rings. The highest BCUT2D eigenvalue weighted by atomic mass is 35.5. The molecule has 0 atom stereocenters. The van der Waals surface area contributed by atoms with E-state index < -0.39 is 0 Å². The Hall–Kier alpha value is -1.56. The lowest BCUT2D eigenvalue weighted by Crippen LogP contribution is -2.18. The van der Waals surface area contributed by atoms with Crippen LogP contribution in [-0.4, -0.2) is 32.4 Å². The molecule has 0 saturated carbocycles. The van der Waals surface area contributed by atoms with Gasteiger partial charge in [-0.05, 0) is 18.2 Å². The van der Waals surface area contributed by atoms with E-state index in [0.717, 1.165) is 12.1 Å². The van der Waals surface area contributed by atoms with Crippen LogP contribution in [0.25, 0.3) is 11.3 Å². The second-order valence-electron chi connectivity index (χ2n) is 4.13. The Labute approximate surface area is 122 Å². The lowest BCUT2D eigenvalue weighted by atomic mass is 10.1. The highest BCUT2D eigenvalue weighted by molar-refractivity contribution is 6.30. The zero-order valence-electron chi connectivity index (χ0n) is 11.5. The number of hydrogen-bond acceptors (Lipinski definition) is 5. The van der Waals surface area contributed by atoms with Crippen molar-refractivity contribution >= 4 is 11.6 Å². The third kappa shape index (κ3) is 3.72. The summed E-state index contributed by atoms with van der Waals surface area (Å²) in [6.45, 7) is 1.95. The first kappa shape index (κ1) is 14.8. The first-order valence-corrected chi connectivity index (χ1v) is 6.60. The minimum atomic E-state index is 0.555. The van der Waals surface area contributed by atoms with Gasteiger partial charge in [-0.3, -0.25) is 0 Å². The third-order valence-corrected chi connectivity index (χ3v) is 2.98. The summed E-state index contributed by atoms with van der Waals surface area (Å²) in [5, 5.41) is 3.79. The Morgan fingerprint density at radius 3 is 2.95 bits per heavy atom. The lowest BCUT2D eigenvalue weighted by molar-refractivity contribution is 0.198. The highest BCUT2D eigenvalue weighted by Crippen LogP contribution is 2.32. The fourth-order valence-corrected chi connectivity index (χ4v) is 1.92. The molecule has 0 radical (unpaired) electrons. The van der Waals surface area contributed by atoms with Crippen LogP contribution >= 0.6 is 11.6 Å². The van der Waals surface area contributed by atoms with Gasteiger partial charge in [0.1, 0.15) is 5.75 Å². The smallest absolute Gasteiger partial charge is 0.208 e. The molecule has 108 valence electrons. The zero-order valence-corrected chi connectivity index (χ0v) is 12.2. The van der Waals surface area contributed by atoms with Gasteiger partial charge in [-0.2, -0.15) is 0 Å². The van der Waals surface area contributed by atoms with Crippen LogP contribution < -0.4 is 10.1 Å². The monoisotopic (exact) mass is 296 g/mol. The molecule has 0 fully saturated rings. The molecule has 2 rings (SSSR count). The van der Waals surface area contributed by atoms with Crippen molar-refractivity contribution in [2.75, 3.05) is 27.4 Å². The van der Waals surface area contributed by atoms with Crippen molar-refractivity contribution in [2.24, 2.45) is 0 Å². The van der Waals surface area contributed by atoms with Crippen molar-refractivity contribution in [3.63, 3.8) is 0 Å². The Kier molecular flexibility index (Phi) is 5.40. The van der Waals surface area contributed by atoms with Gasteiger partial charge in [0.05, 0.1) is 32.0 Å². The van der Waals surface area contributed by atoms with Crippen molar-refractivity contribution < 1.29 is 13.9 Å². The predicted octanol–water partition coefficient (Wildman–Crippen LogP) is 2.74. The van der Waals surface area contributed by atoms with Crippen LogP contribution in [0.3, 0.4) is 0 Å². The number of benzene rings is 1. The van der Waals surface area contributed by atoms with Crippen molar-refractivity contribution in [1.29, 1.82) is 0 Å². The normalized spacial score (nSPS) is 10.8. The summed E-state index contributed by atoms with van der Waals surface area (Å²) in [7, 11) is 3.26. The fraction of sp³-hybridized carbons (Fsp3) is 0.357. The van der Waals surface area contributed by atoms with Gasteiger partial charge in [-0.1, -0.05) is 11.6 Å². The van der Waals surface area contributed by atoms with Gasteiger partial charge in [0.25, 0.3) is 0 Å². The van der Waals surface area contributed by atoms with E-state index in [0.29, 0.717) is 35.6 Å². The Balaban J connectivity index is 2.08. The van der Waals surface area contributed by atoms with Crippen LogP contribution in [0, 0.1) is 0 Å². The quantitative estimate of drug-likeness (QED) is 0.796. The number of oxazole rings is 1. The molecule has 1 aromatic heterocycles. The van der Waals surface area contributed by atoms with Gasteiger partial charge >= 0.3 is 0 Å². The van der Waals surface area contributed by atoms with Crippen LogP contribution in [0.15, 0.2) is 28.8 Å². The average Bonchev–Trinajstić information content (AvgIpc) is 2.92. The summed E-state index contributed by atoms with van der Waals surface area (Å²) >= 11 is 5.94. The zero-order chi connectivity index (χ0) is 14.4. The van der Waals surface area contributed by atoms with Gasteiger partial charge in [0.2, 0.25) is 5.89 Å². The van der Waals surface area contributed by atoms with Gasteiger partial charge in [-0.15, -0.1) is 0 Å². The summed E-state index contributed by atoms with van der Waals surface area (Å²) in [4.78, 5) is 4.23. The van der Waals surface area contributed by atoms with Crippen molar-refractivity contribution in [3.8, 4) is 17.1 Å². The average molecular weight is 297 g/mol. The molecule has 1 N–H and O–H groups in total. The van der Waals surface area contributed by atoms with E-state index in [1.54, 1.807) is 32.5 Å². The molecule has 0 aliphatic carbocycles. The van der Waals surface area contributed by atoms with E-state index in [1.165, 1.54) is 0 Å². The van der Waals surface area contributed by atoms with E-state index in [4.69, 9.17) is 25.5 Å². The maximum absolute atomic E-state index is 5.94. The molecular formula is C14H17ClN2O3. The third-order valence-electron chi connectivity index (χ3n) is 2.74. The molecule has 6 heteroatoms. The molecule has 1 heterocycles. The van der Waals surface area contributed by atoms with E-state index in [9.17, 15) is 0 Å². The van der Waals surface area contributed by atoms with Crippen LogP contribution in [-0.2, 0) is 11.3 Å². The molecule has 1 aromatic carbocycles. The van der Waals surface area contributed by atoms with Gasteiger partial charge in [0, 0.05) is 18.7 Å². The van der Waals surface area contributed by atoms with Gasteiger partial charge in [-0.25, -0.2) is 4.98 Å². The van der Waals surface area contributed by atoms with Crippen molar-refractivity contribution in [3.05, 3.63) is 35.3 Å². The highest BCUT2D eigenvalue weighted by Gasteiger charge is 2.11. The van der Waals surface area contributed by atoms with Crippen molar-refractivity contribution in [2.45, 2.75) is 6.54 Å². The molecule has 20 heavy (non-hydrogen) atoms. The van der Waals surface area contributed by atoms with Crippen molar-refractivity contribution in [1.82, 2.24) is 10.3 Å². The summed E-state index contributed by atoms with van der Waals surface area (Å²) in [5.41, 5.74) is 0.826. The molecule has 5 nitrogen and oxygen atoms in total. The number of ether oxygens (including phenoxy) is 2. The maximum atomic E-state index is 5.94. The number of halogens is 1. The van der Waals surface area contributed by atoms with Crippen LogP contribution in [0.2, 0.25) is 5.02 Å². The molecule has 0 spiro atoms. The summed E-state index contributed by atoms with van der Waals surface area (Å²) < 4.78 is 15.9. The molecule has 0 aliphatic heterocycles. The number of aromatic nitrogens is 1. The van der Waals surface area contributed by atoms with Gasteiger partial charge < -0.3 is 19.2 Å². The molecule has 2 aromatic rings. The number of rotatable bonds is 7. The maximum Gasteiger partial charge on any atom is 0.208 e. The topological polar surface area (TPSA) is 56.5 Å². The first-order valence-electron chi connectivity index (χ1n) is 6.23. The molecule has 0 unspecified atom stereocenters. The Morgan fingerprint density at radius 2 is 2.20 bits per heavy atom.